The van der Waals surface area contributed by atoms with Crippen LogP contribution in [0.5, 0.6) is 0 Å². The molecule has 1 unspecified atom stereocenters. The minimum absolute atomic E-state index is 0.450. The lowest BCUT2D eigenvalue weighted by atomic mass is 10.2. The molecule has 0 aliphatic carbocycles. The second-order valence-corrected chi connectivity index (χ2v) is 7.47. The molecule has 1 fully saturated rings. The first-order chi connectivity index (χ1) is 10.6. The molecule has 1 aromatic carbocycles. The maximum absolute atomic E-state index is 6.21. The average Bonchev–Trinajstić information content (AvgIpc) is 2.95. The summed E-state index contributed by atoms with van der Waals surface area (Å²) < 4.78 is 1.21. The zero-order valence-electron chi connectivity index (χ0n) is 11.9. The fourth-order valence-corrected chi connectivity index (χ4v) is 3.54. The molecule has 22 heavy (non-hydrogen) atoms. The van der Waals surface area contributed by atoms with Gasteiger partial charge in [-0.2, -0.15) is 0 Å². The van der Waals surface area contributed by atoms with Crippen LogP contribution in [0.4, 0.5) is 5.82 Å². The maximum atomic E-state index is 6.21. The second-order valence-electron chi connectivity index (χ2n) is 5.38. The Balaban J connectivity index is 1.57. The molecule has 3 nitrogen and oxygen atoms in total. The maximum Gasteiger partial charge on any atom is 0.129 e. The highest BCUT2D eigenvalue weighted by molar-refractivity contribution is 14.1. The van der Waals surface area contributed by atoms with E-state index in [1.165, 1.54) is 3.57 Å². The molecule has 0 saturated carbocycles. The Morgan fingerprint density at radius 1 is 1.27 bits per heavy atom. The molecule has 0 bridgehead atoms. The van der Waals surface area contributed by atoms with Gasteiger partial charge in [-0.3, -0.25) is 0 Å². The summed E-state index contributed by atoms with van der Waals surface area (Å²) >= 11 is 14.5. The van der Waals surface area contributed by atoms with E-state index in [2.05, 4.69) is 43.9 Å². The van der Waals surface area contributed by atoms with Gasteiger partial charge in [0.05, 0.1) is 0 Å². The van der Waals surface area contributed by atoms with Crippen LogP contribution in [0.25, 0.3) is 0 Å². The highest BCUT2D eigenvalue weighted by Gasteiger charge is 2.23. The number of pyridine rings is 1. The van der Waals surface area contributed by atoms with E-state index in [4.69, 9.17) is 23.2 Å². The molecule has 1 atom stereocenters. The summed E-state index contributed by atoms with van der Waals surface area (Å²) in [6.45, 7) is 2.76. The standard InChI is InChI=1S/C16H16Cl2IN3/c17-12-2-1-11(15(18)7-12)9-21-14-4-6-22(10-14)16-8-13(19)3-5-20-16/h1-3,5,7-8,14,21H,4,6,9-10H2. The van der Waals surface area contributed by atoms with Gasteiger partial charge >= 0.3 is 0 Å². The summed E-state index contributed by atoms with van der Waals surface area (Å²) in [6, 6.07) is 10.2. The van der Waals surface area contributed by atoms with Crippen LogP contribution in [0, 0.1) is 3.57 Å². The molecule has 6 heteroatoms. The molecule has 1 N–H and O–H groups in total. The molecule has 1 aromatic heterocycles. The van der Waals surface area contributed by atoms with Crippen molar-refractivity contribution >= 4 is 51.6 Å². The lowest BCUT2D eigenvalue weighted by molar-refractivity contribution is 0.551. The molecule has 0 radical (unpaired) electrons. The summed E-state index contributed by atoms with van der Waals surface area (Å²) in [6.07, 6.45) is 2.98. The van der Waals surface area contributed by atoms with E-state index in [9.17, 15) is 0 Å². The number of nitrogens with one attached hydrogen (secondary N) is 1. The van der Waals surface area contributed by atoms with Gasteiger partial charge < -0.3 is 10.2 Å². The third-order valence-corrected chi connectivity index (χ3v) is 5.07. The van der Waals surface area contributed by atoms with E-state index in [1.807, 2.05) is 24.4 Å². The Morgan fingerprint density at radius 2 is 2.14 bits per heavy atom. The van der Waals surface area contributed by atoms with Gasteiger partial charge in [0.25, 0.3) is 0 Å². The summed E-state index contributed by atoms with van der Waals surface area (Å²) in [5.41, 5.74) is 1.08. The van der Waals surface area contributed by atoms with Gasteiger partial charge in [0, 0.05) is 45.5 Å². The van der Waals surface area contributed by atoms with Crippen molar-refractivity contribution in [3.05, 3.63) is 55.7 Å². The lowest BCUT2D eigenvalue weighted by Crippen LogP contribution is -2.32. The normalized spacial score (nSPS) is 18.0. The van der Waals surface area contributed by atoms with Crippen LogP contribution in [-0.2, 0) is 6.54 Å². The van der Waals surface area contributed by atoms with E-state index >= 15 is 0 Å². The smallest absolute Gasteiger partial charge is 0.129 e. The number of hydrogen-bond acceptors (Lipinski definition) is 3. The van der Waals surface area contributed by atoms with Gasteiger partial charge in [-0.05, 0) is 58.8 Å². The first kappa shape index (κ1) is 16.3. The minimum Gasteiger partial charge on any atom is -0.355 e. The van der Waals surface area contributed by atoms with Crippen LogP contribution in [0.15, 0.2) is 36.5 Å². The summed E-state index contributed by atoms with van der Waals surface area (Å²) in [4.78, 5) is 6.78. The average molecular weight is 448 g/mol. The Hall–Kier alpha value is -0.560. The Bertz CT molecular complexity index is 666. The van der Waals surface area contributed by atoms with Crippen molar-refractivity contribution in [3.63, 3.8) is 0 Å². The van der Waals surface area contributed by atoms with E-state index in [-0.39, 0.29) is 0 Å². The first-order valence-corrected chi connectivity index (χ1v) is 8.99. The molecular formula is C16H16Cl2IN3. The van der Waals surface area contributed by atoms with Gasteiger partial charge in [-0.15, -0.1) is 0 Å². The predicted molar refractivity (Wildman–Crippen MR) is 101 cm³/mol. The zero-order chi connectivity index (χ0) is 15.5. The van der Waals surface area contributed by atoms with E-state index in [1.54, 1.807) is 6.07 Å². The lowest BCUT2D eigenvalue weighted by Gasteiger charge is -2.18. The Kier molecular flexibility index (Phi) is 5.44. The number of nitrogens with zero attached hydrogens (tertiary/aromatic N) is 2. The van der Waals surface area contributed by atoms with Crippen molar-refractivity contribution in [2.75, 3.05) is 18.0 Å². The van der Waals surface area contributed by atoms with Gasteiger partial charge in [0.2, 0.25) is 0 Å². The first-order valence-electron chi connectivity index (χ1n) is 7.15. The topological polar surface area (TPSA) is 28.2 Å². The van der Waals surface area contributed by atoms with Gasteiger partial charge in [-0.1, -0.05) is 29.3 Å². The van der Waals surface area contributed by atoms with E-state index in [0.717, 1.165) is 37.4 Å². The Labute approximate surface area is 154 Å². The van der Waals surface area contributed by atoms with Crippen LogP contribution >= 0.6 is 45.8 Å². The summed E-state index contributed by atoms with van der Waals surface area (Å²) in [5.74, 6) is 1.06. The quantitative estimate of drug-likeness (QED) is 0.705. The number of anilines is 1. The molecule has 0 spiro atoms. The molecular weight excluding hydrogens is 432 g/mol. The second kappa shape index (κ2) is 7.34. The van der Waals surface area contributed by atoms with Crippen LogP contribution < -0.4 is 10.2 Å². The van der Waals surface area contributed by atoms with Crippen LogP contribution in [0.3, 0.4) is 0 Å². The molecule has 3 rings (SSSR count). The summed E-state index contributed by atoms with van der Waals surface area (Å²) in [5, 5.41) is 4.96. The molecule has 1 aliphatic rings. The van der Waals surface area contributed by atoms with Crippen LogP contribution in [0.2, 0.25) is 10.0 Å². The third-order valence-electron chi connectivity index (χ3n) is 3.82. The predicted octanol–water partition coefficient (Wildman–Crippen LogP) is 4.36. The molecule has 116 valence electrons. The third kappa shape index (κ3) is 4.04. The molecule has 2 aromatic rings. The fraction of sp³-hybridized carbons (Fsp3) is 0.312. The number of rotatable bonds is 4. The van der Waals surface area contributed by atoms with Crippen molar-refractivity contribution in [3.8, 4) is 0 Å². The van der Waals surface area contributed by atoms with Crippen LogP contribution in [-0.4, -0.2) is 24.1 Å². The summed E-state index contributed by atoms with van der Waals surface area (Å²) in [7, 11) is 0. The SMILES string of the molecule is Clc1ccc(CNC2CCN(c3cc(I)ccn3)C2)c(Cl)c1. The fourth-order valence-electron chi connectivity index (χ4n) is 2.62. The molecule has 0 amide bonds. The molecule has 1 aliphatic heterocycles. The largest absolute Gasteiger partial charge is 0.355 e. The highest BCUT2D eigenvalue weighted by Crippen LogP contribution is 2.23. The van der Waals surface area contributed by atoms with Gasteiger partial charge in [0.1, 0.15) is 5.82 Å². The molecule has 1 saturated heterocycles. The number of halogens is 3. The number of hydrogen-bond donors (Lipinski definition) is 1. The zero-order valence-corrected chi connectivity index (χ0v) is 15.6. The monoisotopic (exact) mass is 447 g/mol. The van der Waals surface area contributed by atoms with E-state index in [0.29, 0.717) is 16.1 Å². The Morgan fingerprint density at radius 3 is 2.91 bits per heavy atom. The highest BCUT2D eigenvalue weighted by atomic mass is 127. The molecule has 2 heterocycles. The van der Waals surface area contributed by atoms with Crippen molar-refractivity contribution in [2.45, 2.75) is 19.0 Å². The van der Waals surface area contributed by atoms with E-state index < -0.39 is 0 Å². The van der Waals surface area contributed by atoms with Crippen molar-refractivity contribution in [1.82, 2.24) is 10.3 Å². The minimum atomic E-state index is 0.450. The van der Waals surface area contributed by atoms with Crippen molar-refractivity contribution < 1.29 is 0 Å². The van der Waals surface area contributed by atoms with Crippen LogP contribution in [0.1, 0.15) is 12.0 Å². The number of benzene rings is 1. The van der Waals surface area contributed by atoms with Crippen molar-refractivity contribution in [2.24, 2.45) is 0 Å². The van der Waals surface area contributed by atoms with Gasteiger partial charge in [-0.25, -0.2) is 4.98 Å². The number of aromatic nitrogens is 1. The van der Waals surface area contributed by atoms with Crippen molar-refractivity contribution in [1.29, 1.82) is 0 Å². The van der Waals surface area contributed by atoms with Gasteiger partial charge in [0.15, 0.2) is 0 Å².